The van der Waals surface area contributed by atoms with Crippen LogP contribution in [0.3, 0.4) is 0 Å². The van der Waals surface area contributed by atoms with Gasteiger partial charge in [0, 0.05) is 29.4 Å². The van der Waals surface area contributed by atoms with E-state index >= 15 is 0 Å². The molecule has 1 aliphatic rings. The zero-order valence-electron chi connectivity index (χ0n) is 16.2. The number of anilines is 2. The van der Waals surface area contributed by atoms with Crippen molar-refractivity contribution in [2.24, 2.45) is 5.92 Å². The van der Waals surface area contributed by atoms with Crippen LogP contribution in [0, 0.1) is 5.92 Å². The van der Waals surface area contributed by atoms with Crippen LogP contribution in [0.25, 0.3) is 0 Å². The smallest absolute Gasteiger partial charge is 0.338 e. The van der Waals surface area contributed by atoms with Crippen LogP contribution in [0.1, 0.15) is 36.5 Å². The molecule has 29 heavy (non-hydrogen) atoms. The van der Waals surface area contributed by atoms with Crippen molar-refractivity contribution in [2.75, 3.05) is 23.4 Å². The van der Waals surface area contributed by atoms with Gasteiger partial charge in [0.05, 0.1) is 18.1 Å². The first-order valence-corrected chi connectivity index (χ1v) is 9.99. The summed E-state index contributed by atoms with van der Waals surface area (Å²) in [7, 11) is 0. The average Bonchev–Trinajstić information content (AvgIpc) is 3.11. The maximum absolute atomic E-state index is 12.6. The number of benzene rings is 2. The molecule has 0 aromatic heterocycles. The van der Waals surface area contributed by atoms with Crippen LogP contribution >= 0.6 is 11.6 Å². The number of esters is 1. The summed E-state index contributed by atoms with van der Waals surface area (Å²) in [6.07, 6.45) is 1.93. The van der Waals surface area contributed by atoms with Crippen molar-refractivity contribution >= 4 is 40.8 Å². The van der Waals surface area contributed by atoms with Crippen molar-refractivity contribution in [2.45, 2.75) is 26.2 Å². The Morgan fingerprint density at radius 2 is 1.83 bits per heavy atom. The van der Waals surface area contributed by atoms with Crippen LogP contribution in [0.15, 0.2) is 48.5 Å². The second-order valence-corrected chi connectivity index (χ2v) is 7.37. The first-order chi connectivity index (χ1) is 14.0. The summed E-state index contributed by atoms with van der Waals surface area (Å²) in [6, 6.07) is 13.5. The van der Waals surface area contributed by atoms with Gasteiger partial charge in [-0.3, -0.25) is 9.59 Å². The van der Waals surface area contributed by atoms with E-state index in [0.717, 1.165) is 18.5 Å². The third-order valence-electron chi connectivity index (χ3n) is 4.75. The zero-order chi connectivity index (χ0) is 20.8. The third-order valence-corrected chi connectivity index (χ3v) is 5.01. The van der Waals surface area contributed by atoms with Crippen LogP contribution in [0.5, 0.6) is 0 Å². The summed E-state index contributed by atoms with van der Waals surface area (Å²) >= 11 is 5.89. The van der Waals surface area contributed by atoms with E-state index < -0.39 is 5.92 Å². The van der Waals surface area contributed by atoms with Crippen molar-refractivity contribution in [1.82, 2.24) is 0 Å². The second kappa shape index (κ2) is 9.56. The molecule has 6 nitrogen and oxygen atoms in total. The minimum atomic E-state index is -0.447. The quantitative estimate of drug-likeness (QED) is 0.541. The summed E-state index contributed by atoms with van der Waals surface area (Å²) in [5.74, 6) is -1.15. The molecule has 7 heteroatoms. The molecule has 0 saturated carbocycles. The molecule has 0 unspecified atom stereocenters. The van der Waals surface area contributed by atoms with Crippen LogP contribution in [0.4, 0.5) is 11.4 Å². The molecule has 152 valence electrons. The second-order valence-electron chi connectivity index (χ2n) is 6.94. The first-order valence-electron chi connectivity index (χ1n) is 9.62. The van der Waals surface area contributed by atoms with Gasteiger partial charge in [0.25, 0.3) is 0 Å². The fourth-order valence-electron chi connectivity index (χ4n) is 3.08. The average molecular weight is 415 g/mol. The van der Waals surface area contributed by atoms with E-state index in [-0.39, 0.29) is 24.2 Å². The highest BCUT2D eigenvalue weighted by Gasteiger charge is 2.35. The molecule has 2 aromatic carbocycles. The Bertz CT molecular complexity index is 881. The van der Waals surface area contributed by atoms with E-state index in [1.165, 1.54) is 0 Å². The number of nitrogens with zero attached hydrogens (tertiary/aromatic N) is 1. The lowest BCUT2D eigenvalue weighted by Gasteiger charge is -2.16. The Balaban J connectivity index is 1.57. The van der Waals surface area contributed by atoms with E-state index in [1.807, 2.05) is 6.92 Å². The Hall–Kier alpha value is -2.86. The fraction of sp³-hybridized carbons (Fsp3) is 0.318. The van der Waals surface area contributed by atoms with E-state index in [4.69, 9.17) is 16.3 Å². The summed E-state index contributed by atoms with van der Waals surface area (Å²) in [5.41, 5.74) is 1.72. The molecule has 1 aliphatic heterocycles. The Morgan fingerprint density at radius 1 is 1.14 bits per heavy atom. The zero-order valence-corrected chi connectivity index (χ0v) is 16.9. The molecule has 3 rings (SSSR count). The molecule has 1 heterocycles. The van der Waals surface area contributed by atoms with Gasteiger partial charge in [-0.05, 0) is 55.0 Å². The fourth-order valence-corrected chi connectivity index (χ4v) is 3.21. The molecule has 1 atom stereocenters. The van der Waals surface area contributed by atoms with Gasteiger partial charge >= 0.3 is 5.97 Å². The third kappa shape index (κ3) is 5.35. The molecule has 0 aliphatic carbocycles. The number of nitrogens with one attached hydrogen (secondary N) is 1. The number of amides is 2. The number of carbonyl (C=O) groups excluding carboxylic acids is 3. The number of carbonyl (C=O) groups is 3. The molecule has 2 amide bonds. The monoisotopic (exact) mass is 414 g/mol. The normalized spacial score (nSPS) is 16.0. The molecule has 0 spiro atoms. The highest BCUT2D eigenvalue weighted by molar-refractivity contribution is 6.30. The SMILES string of the molecule is CCCCOC(=O)c1ccc(NC(=O)[C@@H]2CC(=O)N(c3ccc(Cl)cc3)C2)cc1. The van der Waals surface area contributed by atoms with Crippen molar-refractivity contribution in [3.63, 3.8) is 0 Å². The van der Waals surface area contributed by atoms with Gasteiger partial charge < -0.3 is 15.0 Å². The number of rotatable bonds is 7. The van der Waals surface area contributed by atoms with Crippen molar-refractivity contribution in [3.05, 3.63) is 59.1 Å². The van der Waals surface area contributed by atoms with Gasteiger partial charge in [-0.2, -0.15) is 0 Å². The standard InChI is InChI=1S/C22H23ClN2O4/c1-2-3-12-29-22(28)15-4-8-18(9-5-15)24-21(27)16-13-20(26)25(14-16)19-10-6-17(23)7-11-19/h4-11,16H,2-3,12-14H2,1H3,(H,24,27)/t16-/m1/s1. The number of halogens is 1. The van der Waals surface area contributed by atoms with Gasteiger partial charge in [0.15, 0.2) is 0 Å². The highest BCUT2D eigenvalue weighted by Crippen LogP contribution is 2.27. The minimum Gasteiger partial charge on any atom is -0.462 e. The minimum absolute atomic E-state index is 0.0994. The predicted molar refractivity (Wildman–Crippen MR) is 112 cm³/mol. The van der Waals surface area contributed by atoms with E-state index in [2.05, 4.69) is 5.32 Å². The predicted octanol–water partition coefficient (Wildman–Crippen LogP) is 4.29. The van der Waals surface area contributed by atoms with Crippen LogP contribution in [-0.2, 0) is 14.3 Å². The molecule has 1 saturated heterocycles. The lowest BCUT2D eigenvalue weighted by molar-refractivity contribution is -0.122. The van der Waals surface area contributed by atoms with Crippen LogP contribution in [-0.4, -0.2) is 30.9 Å². The molecule has 0 radical (unpaired) electrons. The van der Waals surface area contributed by atoms with Gasteiger partial charge in [0.2, 0.25) is 11.8 Å². The van der Waals surface area contributed by atoms with Crippen LogP contribution in [0.2, 0.25) is 5.02 Å². The molecular weight excluding hydrogens is 392 g/mol. The van der Waals surface area contributed by atoms with Crippen LogP contribution < -0.4 is 10.2 Å². The molecule has 2 aromatic rings. The Kier molecular flexibility index (Phi) is 6.88. The van der Waals surface area contributed by atoms with Crippen molar-refractivity contribution < 1.29 is 19.1 Å². The molecular formula is C22H23ClN2O4. The highest BCUT2D eigenvalue weighted by atomic mass is 35.5. The summed E-state index contributed by atoms with van der Waals surface area (Å²) in [5, 5.41) is 3.40. The topological polar surface area (TPSA) is 75.7 Å². The Labute approximate surface area is 174 Å². The first kappa shape index (κ1) is 20.9. The maximum Gasteiger partial charge on any atom is 0.338 e. The van der Waals surface area contributed by atoms with Crippen molar-refractivity contribution in [3.8, 4) is 0 Å². The summed E-state index contributed by atoms with van der Waals surface area (Å²) < 4.78 is 5.17. The lowest BCUT2D eigenvalue weighted by Crippen LogP contribution is -2.28. The van der Waals surface area contributed by atoms with E-state index in [9.17, 15) is 14.4 Å². The van der Waals surface area contributed by atoms with E-state index in [0.29, 0.717) is 29.4 Å². The summed E-state index contributed by atoms with van der Waals surface area (Å²) in [4.78, 5) is 38.4. The Morgan fingerprint density at radius 3 is 2.48 bits per heavy atom. The molecule has 1 N–H and O–H groups in total. The lowest BCUT2D eigenvalue weighted by atomic mass is 10.1. The number of ether oxygens (including phenoxy) is 1. The largest absolute Gasteiger partial charge is 0.462 e. The van der Waals surface area contributed by atoms with E-state index in [1.54, 1.807) is 53.4 Å². The number of hydrogen-bond donors (Lipinski definition) is 1. The maximum atomic E-state index is 12.6. The number of unbranched alkanes of at least 4 members (excludes halogenated alkanes) is 1. The van der Waals surface area contributed by atoms with Crippen molar-refractivity contribution in [1.29, 1.82) is 0 Å². The summed E-state index contributed by atoms with van der Waals surface area (Å²) in [6.45, 7) is 2.74. The molecule has 1 fully saturated rings. The van der Waals surface area contributed by atoms with Gasteiger partial charge in [-0.25, -0.2) is 4.79 Å². The van der Waals surface area contributed by atoms with Gasteiger partial charge in [-0.1, -0.05) is 24.9 Å². The molecule has 0 bridgehead atoms. The number of hydrogen-bond acceptors (Lipinski definition) is 4. The van der Waals surface area contributed by atoms with Gasteiger partial charge in [-0.15, -0.1) is 0 Å². The van der Waals surface area contributed by atoms with Gasteiger partial charge in [0.1, 0.15) is 0 Å².